The summed E-state index contributed by atoms with van der Waals surface area (Å²) in [7, 11) is 0. The maximum atomic E-state index is 13.2. The topological polar surface area (TPSA) is 35.2 Å². The van der Waals surface area contributed by atoms with Gasteiger partial charge >= 0.3 is 0 Å². The van der Waals surface area contributed by atoms with Gasteiger partial charge in [-0.25, -0.2) is 4.39 Å². The lowest BCUT2D eigenvalue weighted by molar-refractivity contribution is 0.302. The standard InChI is InChI=1S/C16H15BrFNO/c1-2-3-11-9-14(19)5-7-16(11)20-10-12-8-13(18)4-6-15(12)17/h2,4-9H,1,3,10,19H2. The van der Waals surface area contributed by atoms with Crippen LogP contribution in [0, 0.1) is 5.82 Å². The maximum Gasteiger partial charge on any atom is 0.123 e. The molecule has 0 aliphatic heterocycles. The van der Waals surface area contributed by atoms with E-state index in [9.17, 15) is 4.39 Å². The van der Waals surface area contributed by atoms with Gasteiger partial charge in [0.2, 0.25) is 0 Å². The first-order valence-electron chi connectivity index (χ1n) is 6.16. The monoisotopic (exact) mass is 335 g/mol. The van der Waals surface area contributed by atoms with Gasteiger partial charge in [-0.05, 0) is 48.4 Å². The minimum atomic E-state index is -0.282. The van der Waals surface area contributed by atoms with E-state index in [1.54, 1.807) is 18.2 Å². The van der Waals surface area contributed by atoms with E-state index in [0.717, 1.165) is 21.3 Å². The van der Waals surface area contributed by atoms with Crippen molar-refractivity contribution in [2.45, 2.75) is 13.0 Å². The molecule has 0 aliphatic rings. The number of anilines is 1. The van der Waals surface area contributed by atoms with Crippen molar-refractivity contribution in [2.75, 3.05) is 5.73 Å². The van der Waals surface area contributed by atoms with E-state index >= 15 is 0 Å². The summed E-state index contributed by atoms with van der Waals surface area (Å²) in [6.45, 7) is 4.00. The fourth-order valence-corrected chi connectivity index (χ4v) is 2.23. The van der Waals surface area contributed by atoms with Crippen LogP contribution in [0.15, 0.2) is 53.5 Å². The van der Waals surface area contributed by atoms with Gasteiger partial charge in [0, 0.05) is 15.7 Å². The number of rotatable bonds is 5. The first-order chi connectivity index (χ1) is 9.60. The second-order valence-electron chi connectivity index (χ2n) is 4.38. The smallest absolute Gasteiger partial charge is 0.123 e. The summed E-state index contributed by atoms with van der Waals surface area (Å²) in [4.78, 5) is 0. The van der Waals surface area contributed by atoms with Crippen molar-refractivity contribution < 1.29 is 9.13 Å². The van der Waals surface area contributed by atoms with E-state index in [1.165, 1.54) is 12.1 Å². The Labute approximate surface area is 126 Å². The Balaban J connectivity index is 2.18. The van der Waals surface area contributed by atoms with Crippen molar-refractivity contribution in [2.24, 2.45) is 0 Å². The fourth-order valence-electron chi connectivity index (χ4n) is 1.86. The zero-order valence-electron chi connectivity index (χ0n) is 10.9. The minimum absolute atomic E-state index is 0.282. The van der Waals surface area contributed by atoms with Crippen molar-refractivity contribution in [3.63, 3.8) is 0 Å². The van der Waals surface area contributed by atoms with Crippen LogP contribution in [0.25, 0.3) is 0 Å². The van der Waals surface area contributed by atoms with Gasteiger partial charge in [-0.2, -0.15) is 0 Å². The van der Waals surface area contributed by atoms with Crippen LogP contribution < -0.4 is 10.5 Å². The van der Waals surface area contributed by atoms with Crippen LogP contribution in [0.1, 0.15) is 11.1 Å². The second-order valence-corrected chi connectivity index (χ2v) is 5.24. The van der Waals surface area contributed by atoms with Crippen LogP contribution in [0.5, 0.6) is 5.75 Å². The Morgan fingerprint density at radius 3 is 2.75 bits per heavy atom. The van der Waals surface area contributed by atoms with Gasteiger partial charge in [-0.3, -0.25) is 0 Å². The molecule has 20 heavy (non-hydrogen) atoms. The lowest BCUT2D eigenvalue weighted by Gasteiger charge is -2.12. The SMILES string of the molecule is C=CCc1cc(N)ccc1OCc1cc(F)ccc1Br. The summed E-state index contributed by atoms with van der Waals surface area (Å²) in [6.07, 6.45) is 2.46. The third-order valence-corrected chi connectivity index (χ3v) is 3.61. The molecule has 0 spiro atoms. The fraction of sp³-hybridized carbons (Fsp3) is 0.125. The molecule has 0 atom stereocenters. The highest BCUT2D eigenvalue weighted by Crippen LogP contribution is 2.25. The lowest BCUT2D eigenvalue weighted by Crippen LogP contribution is -2.00. The van der Waals surface area contributed by atoms with Crippen molar-refractivity contribution in [1.82, 2.24) is 0 Å². The van der Waals surface area contributed by atoms with Gasteiger partial charge in [0.05, 0.1) is 0 Å². The maximum absolute atomic E-state index is 13.2. The van der Waals surface area contributed by atoms with Crippen LogP contribution in [0.2, 0.25) is 0 Å². The van der Waals surface area contributed by atoms with Crippen molar-refractivity contribution in [3.05, 3.63) is 70.5 Å². The first kappa shape index (κ1) is 14.6. The molecule has 0 unspecified atom stereocenters. The number of hydrogen-bond donors (Lipinski definition) is 1. The molecule has 0 aliphatic carbocycles. The van der Waals surface area contributed by atoms with Crippen molar-refractivity contribution in [1.29, 1.82) is 0 Å². The summed E-state index contributed by atoms with van der Waals surface area (Å²) in [6, 6.07) is 9.98. The predicted molar refractivity (Wildman–Crippen MR) is 83.2 cm³/mol. The molecule has 0 saturated carbocycles. The van der Waals surface area contributed by atoms with Gasteiger partial charge in [0.25, 0.3) is 0 Å². The molecule has 104 valence electrons. The molecule has 0 radical (unpaired) electrons. The number of benzene rings is 2. The largest absolute Gasteiger partial charge is 0.489 e. The normalized spacial score (nSPS) is 10.3. The number of halogens is 2. The van der Waals surface area contributed by atoms with Crippen LogP contribution in [0.4, 0.5) is 10.1 Å². The first-order valence-corrected chi connectivity index (χ1v) is 6.95. The summed E-state index contributed by atoms with van der Waals surface area (Å²) in [5, 5.41) is 0. The summed E-state index contributed by atoms with van der Waals surface area (Å²) in [5.74, 6) is 0.450. The van der Waals surface area contributed by atoms with Crippen LogP contribution in [-0.4, -0.2) is 0 Å². The Morgan fingerprint density at radius 2 is 2.00 bits per heavy atom. The molecule has 4 heteroatoms. The van der Waals surface area contributed by atoms with Gasteiger partial charge in [0.15, 0.2) is 0 Å². The van der Waals surface area contributed by atoms with E-state index in [4.69, 9.17) is 10.5 Å². The third kappa shape index (κ3) is 3.61. The second kappa shape index (κ2) is 6.57. The van der Waals surface area contributed by atoms with E-state index in [0.29, 0.717) is 12.1 Å². The number of nitrogens with two attached hydrogens (primary N) is 1. The van der Waals surface area contributed by atoms with Gasteiger partial charge in [0.1, 0.15) is 18.2 Å². The van der Waals surface area contributed by atoms with Crippen LogP contribution in [0.3, 0.4) is 0 Å². The zero-order chi connectivity index (χ0) is 14.5. The average Bonchev–Trinajstić information content (AvgIpc) is 2.42. The molecule has 0 saturated heterocycles. The predicted octanol–water partition coefficient (Wildman–Crippen LogP) is 4.48. The van der Waals surface area contributed by atoms with Gasteiger partial charge in [-0.1, -0.05) is 22.0 Å². The van der Waals surface area contributed by atoms with Crippen LogP contribution >= 0.6 is 15.9 Å². The number of ether oxygens (including phenoxy) is 1. The van der Waals surface area contributed by atoms with Crippen LogP contribution in [-0.2, 0) is 13.0 Å². The molecular formula is C16H15BrFNO. The Bertz CT molecular complexity index is 628. The summed E-state index contributed by atoms with van der Waals surface area (Å²) >= 11 is 3.38. The van der Waals surface area contributed by atoms with E-state index < -0.39 is 0 Å². The molecule has 2 N–H and O–H groups in total. The Kier molecular flexibility index (Phi) is 4.79. The molecule has 0 aromatic heterocycles. The highest BCUT2D eigenvalue weighted by molar-refractivity contribution is 9.10. The van der Waals surface area contributed by atoms with E-state index in [2.05, 4.69) is 22.5 Å². The van der Waals surface area contributed by atoms with Gasteiger partial charge < -0.3 is 10.5 Å². The molecule has 2 rings (SSSR count). The zero-order valence-corrected chi connectivity index (χ0v) is 12.5. The lowest BCUT2D eigenvalue weighted by atomic mass is 10.1. The molecular weight excluding hydrogens is 321 g/mol. The number of nitrogen functional groups attached to an aromatic ring is 1. The highest BCUT2D eigenvalue weighted by Gasteiger charge is 2.06. The molecule has 0 bridgehead atoms. The molecule has 2 aromatic rings. The minimum Gasteiger partial charge on any atom is -0.489 e. The quantitative estimate of drug-likeness (QED) is 0.645. The molecule has 2 aromatic carbocycles. The van der Waals surface area contributed by atoms with E-state index in [-0.39, 0.29) is 12.4 Å². The Morgan fingerprint density at radius 1 is 1.20 bits per heavy atom. The highest BCUT2D eigenvalue weighted by atomic mass is 79.9. The average molecular weight is 336 g/mol. The molecule has 0 fully saturated rings. The Hall–Kier alpha value is -1.81. The summed E-state index contributed by atoms with van der Waals surface area (Å²) in [5.41, 5.74) is 8.16. The van der Waals surface area contributed by atoms with Gasteiger partial charge in [-0.15, -0.1) is 6.58 Å². The molecule has 2 nitrogen and oxygen atoms in total. The molecule has 0 amide bonds. The van der Waals surface area contributed by atoms with Crippen molar-refractivity contribution >= 4 is 21.6 Å². The van der Waals surface area contributed by atoms with E-state index in [1.807, 2.05) is 12.1 Å². The summed E-state index contributed by atoms with van der Waals surface area (Å²) < 4.78 is 19.8. The number of hydrogen-bond acceptors (Lipinski definition) is 2. The van der Waals surface area contributed by atoms with Crippen molar-refractivity contribution in [3.8, 4) is 5.75 Å². The third-order valence-electron chi connectivity index (χ3n) is 2.84. The molecule has 0 heterocycles. The number of allylic oxidation sites excluding steroid dienone is 1.